The van der Waals surface area contributed by atoms with Crippen molar-refractivity contribution in [2.75, 3.05) is 6.61 Å². The molecule has 0 atom stereocenters. The Labute approximate surface area is 120 Å². The molecule has 0 radical (unpaired) electrons. The molecule has 0 saturated heterocycles. The number of aromatic nitrogens is 1. The molecule has 2 rings (SSSR count). The van der Waals surface area contributed by atoms with Gasteiger partial charge in [0.05, 0.1) is 12.3 Å². The molecule has 4 nitrogen and oxygen atoms in total. The van der Waals surface area contributed by atoms with Crippen LogP contribution in [0.4, 0.5) is 8.78 Å². The lowest BCUT2D eigenvalue weighted by Crippen LogP contribution is -2.07. The van der Waals surface area contributed by atoms with E-state index in [0.29, 0.717) is 5.69 Å². The van der Waals surface area contributed by atoms with Crippen molar-refractivity contribution < 1.29 is 22.7 Å². The van der Waals surface area contributed by atoms with Crippen LogP contribution in [0.25, 0.3) is 11.5 Å². The Kier molecular flexibility index (Phi) is 4.35. The predicted octanol–water partition coefficient (Wildman–Crippen LogP) is 3.92. The summed E-state index contributed by atoms with van der Waals surface area (Å²) in [5.74, 6) is -2.61. The number of nitrogens with zero attached hydrogens (tertiary/aromatic N) is 1. The van der Waals surface area contributed by atoms with Crippen molar-refractivity contribution in [2.24, 2.45) is 0 Å². The summed E-state index contributed by atoms with van der Waals surface area (Å²) < 4.78 is 36.5. The molecule has 6 heteroatoms. The summed E-state index contributed by atoms with van der Waals surface area (Å²) in [6.45, 7) is 5.57. The van der Waals surface area contributed by atoms with Crippen molar-refractivity contribution in [3.05, 3.63) is 41.3 Å². The minimum Gasteiger partial charge on any atom is -0.460 e. The van der Waals surface area contributed by atoms with E-state index in [1.54, 1.807) is 6.92 Å². The molecule has 0 N–H and O–H groups in total. The minimum atomic E-state index is -1.01. The fourth-order valence-electron chi connectivity index (χ4n) is 1.82. The lowest BCUT2D eigenvalue weighted by atomic mass is 10.1. The largest absolute Gasteiger partial charge is 0.460 e. The van der Waals surface area contributed by atoms with E-state index in [1.807, 2.05) is 13.8 Å². The summed E-state index contributed by atoms with van der Waals surface area (Å²) in [4.78, 5) is 16.0. The third-order valence-electron chi connectivity index (χ3n) is 2.83. The van der Waals surface area contributed by atoms with Crippen molar-refractivity contribution in [1.29, 1.82) is 0 Å². The van der Waals surface area contributed by atoms with Crippen LogP contribution >= 0.6 is 0 Å². The molecular formula is C15H15F2NO3. The van der Waals surface area contributed by atoms with Gasteiger partial charge in [0.2, 0.25) is 11.7 Å². The Morgan fingerprint density at radius 1 is 1.33 bits per heavy atom. The number of benzene rings is 1. The highest BCUT2D eigenvalue weighted by Crippen LogP contribution is 2.28. The average molecular weight is 295 g/mol. The fourth-order valence-corrected chi connectivity index (χ4v) is 1.82. The van der Waals surface area contributed by atoms with Gasteiger partial charge in [-0.1, -0.05) is 13.8 Å². The summed E-state index contributed by atoms with van der Waals surface area (Å²) >= 11 is 0. The lowest BCUT2D eigenvalue weighted by molar-refractivity contribution is 0.0488. The quantitative estimate of drug-likeness (QED) is 0.802. The van der Waals surface area contributed by atoms with Gasteiger partial charge in [-0.15, -0.1) is 0 Å². The maximum absolute atomic E-state index is 13.3. The van der Waals surface area contributed by atoms with Crippen molar-refractivity contribution in [1.82, 2.24) is 4.98 Å². The first kappa shape index (κ1) is 15.2. The second kappa shape index (κ2) is 6.03. The molecule has 0 aliphatic carbocycles. The first-order chi connectivity index (χ1) is 9.93. The van der Waals surface area contributed by atoms with E-state index in [1.165, 1.54) is 6.07 Å². The smallest absolute Gasteiger partial charge is 0.376 e. The summed E-state index contributed by atoms with van der Waals surface area (Å²) in [6, 6.07) is 3.29. The molecule has 1 aromatic heterocycles. The van der Waals surface area contributed by atoms with Gasteiger partial charge >= 0.3 is 5.97 Å². The minimum absolute atomic E-state index is 0.00779. The van der Waals surface area contributed by atoms with Crippen molar-refractivity contribution in [2.45, 2.75) is 26.7 Å². The van der Waals surface area contributed by atoms with Gasteiger partial charge in [0.25, 0.3) is 0 Å². The highest BCUT2D eigenvalue weighted by atomic mass is 19.2. The molecular weight excluding hydrogens is 280 g/mol. The number of carbonyl (C=O) groups excluding carboxylic acids is 1. The maximum atomic E-state index is 13.3. The van der Waals surface area contributed by atoms with E-state index in [9.17, 15) is 13.6 Å². The molecule has 112 valence electrons. The summed E-state index contributed by atoms with van der Waals surface area (Å²) in [5.41, 5.74) is 0.680. The van der Waals surface area contributed by atoms with Crippen LogP contribution in [0.5, 0.6) is 0 Å². The molecule has 2 aromatic rings. The van der Waals surface area contributed by atoms with Crippen LogP contribution in [0, 0.1) is 11.6 Å². The fraction of sp³-hybridized carbons (Fsp3) is 0.333. The Hall–Kier alpha value is -2.24. The third-order valence-corrected chi connectivity index (χ3v) is 2.83. The molecule has 1 heterocycles. The Bertz CT molecular complexity index is 665. The van der Waals surface area contributed by atoms with Crippen LogP contribution in [-0.2, 0) is 4.74 Å². The second-order valence-corrected chi connectivity index (χ2v) is 4.74. The van der Waals surface area contributed by atoms with Crippen LogP contribution < -0.4 is 0 Å². The zero-order chi connectivity index (χ0) is 15.6. The third kappa shape index (κ3) is 3.09. The molecule has 0 spiro atoms. The SMILES string of the molecule is CCOC(=O)c1oc(-c2ccc(F)c(F)c2)nc1C(C)C. The van der Waals surface area contributed by atoms with Gasteiger partial charge in [0.1, 0.15) is 0 Å². The molecule has 0 unspecified atom stereocenters. The van der Waals surface area contributed by atoms with E-state index in [0.717, 1.165) is 12.1 Å². The molecule has 21 heavy (non-hydrogen) atoms. The number of carbonyl (C=O) groups is 1. The van der Waals surface area contributed by atoms with Gasteiger partial charge in [-0.05, 0) is 31.0 Å². The maximum Gasteiger partial charge on any atom is 0.376 e. The number of halogens is 2. The molecule has 0 aliphatic rings. The topological polar surface area (TPSA) is 52.3 Å². The van der Waals surface area contributed by atoms with Crippen LogP contribution in [0.3, 0.4) is 0 Å². The highest BCUT2D eigenvalue weighted by Gasteiger charge is 2.24. The van der Waals surface area contributed by atoms with Crippen molar-refractivity contribution >= 4 is 5.97 Å². The number of hydrogen-bond acceptors (Lipinski definition) is 4. The molecule has 1 aromatic carbocycles. The van der Waals surface area contributed by atoms with Crippen molar-refractivity contribution in [3.63, 3.8) is 0 Å². The molecule has 0 aliphatic heterocycles. The van der Waals surface area contributed by atoms with Crippen LogP contribution in [0.15, 0.2) is 22.6 Å². The van der Waals surface area contributed by atoms with Gasteiger partial charge in [-0.3, -0.25) is 0 Å². The monoisotopic (exact) mass is 295 g/mol. The second-order valence-electron chi connectivity index (χ2n) is 4.74. The zero-order valence-corrected chi connectivity index (χ0v) is 11.9. The lowest BCUT2D eigenvalue weighted by Gasteiger charge is -2.02. The van der Waals surface area contributed by atoms with Gasteiger partial charge in [-0.2, -0.15) is 0 Å². The van der Waals surface area contributed by atoms with Crippen LogP contribution in [0.2, 0.25) is 0 Å². The zero-order valence-electron chi connectivity index (χ0n) is 11.9. The number of hydrogen-bond donors (Lipinski definition) is 0. The van der Waals surface area contributed by atoms with Crippen molar-refractivity contribution in [3.8, 4) is 11.5 Å². The Morgan fingerprint density at radius 3 is 2.62 bits per heavy atom. The van der Waals surface area contributed by atoms with E-state index in [2.05, 4.69) is 4.98 Å². The Balaban J connectivity index is 2.48. The van der Waals surface area contributed by atoms with E-state index in [4.69, 9.17) is 9.15 Å². The summed E-state index contributed by atoms with van der Waals surface area (Å²) in [5, 5.41) is 0. The predicted molar refractivity (Wildman–Crippen MR) is 71.9 cm³/mol. The van der Waals surface area contributed by atoms with E-state index in [-0.39, 0.29) is 29.7 Å². The van der Waals surface area contributed by atoms with Crippen LogP contribution in [-0.4, -0.2) is 17.6 Å². The van der Waals surface area contributed by atoms with E-state index >= 15 is 0 Å². The Morgan fingerprint density at radius 2 is 2.05 bits per heavy atom. The number of rotatable bonds is 4. The summed E-state index contributed by atoms with van der Waals surface area (Å²) in [7, 11) is 0. The number of oxazole rings is 1. The van der Waals surface area contributed by atoms with E-state index < -0.39 is 17.6 Å². The highest BCUT2D eigenvalue weighted by molar-refractivity contribution is 5.88. The van der Waals surface area contributed by atoms with Crippen LogP contribution in [0.1, 0.15) is 42.9 Å². The number of esters is 1. The van der Waals surface area contributed by atoms with Gasteiger partial charge < -0.3 is 9.15 Å². The summed E-state index contributed by atoms with van der Waals surface area (Å²) in [6.07, 6.45) is 0. The average Bonchev–Trinajstić information content (AvgIpc) is 2.87. The first-order valence-corrected chi connectivity index (χ1v) is 6.57. The number of ether oxygens (including phenoxy) is 1. The molecule has 0 fully saturated rings. The molecule has 0 bridgehead atoms. The normalized spacial score (nSPS) is 11.0. The standard InChI is InChI=1S/C15H15F2NO3/c1-4-20-15(19)13-12(8(2)3)18-14(21-13)9-5-6-10(16)11(17)7-9/h5-8H,4H2,1-3H3. The van der Waals surface area contributed by atoms with Gasteiger partial charge in [-0.25, -0.2) is 18.6 Å². The van der Waals surface area contributed by atoms with Gasteiger partial charge in [0, 0.05) is 5.56 Å². The molecule has 0 saturated carbocycles. The van der Waals surface area contributed by atoms with Gasteiger partial charge in [0.15, 0.2) is 11.6 Å². The molecule has 0 amide bonds. The first-order valence-electron chi connectivity index (χ1n) is 6.57.